The molecule has 4 nitrogen and oxygen atoms in total. The van der Waals surface area contributed by atoms with Gasteiger partial charge in [0, 0.05) is 6.04 Å². The highest BCUT2D eigenvalue weighted by molar-refractivity contribution is 9.11. The number of aliphatic hydroxyl groups excluding tert-OH is 1. The van der Waals surface area contributed by atoms with Gasteiger partial charge in [0.15, 0.2) is 0 Å². The summed E-state index contributed by atoms with van der Waals surface area (Å²) in [5, 5.41) is 8.96. The number of aryl methyl sites for hydroxylation is 1. The molecule has 2 N–H and O–H groups in total. The third kappa shape index (κ3) is 3.27. The number of hydrogen-bond donors (Lipinski definition) is 2. The Kier molecular flexibility index (Phi) is 4.93. The van der Waals surface area contributed by atoms with Crippen LogP contribution in [0.1, 0.15) is 18.9 Å². The van der Waals surface area contributed by atoms with Gasteiger partial charge in [0.25, 0.3) is 0 Å². The lowest BCUT2D eigenvalue weighted by Crippen LogP contribution is -2.36. The minimum Gasteiger partial charge on any atom is -0.395 e. The maximum atomic E-state index is 11.9. The number of rotatable bonds is 5. The fourth-order valence-corrected chi connectivity index (χ4v) is 4.64. The molecule has 0 aliphatic heterocycles. The molecule has 1 atom stereocenters. The van der Waals surface area contributed by atoms with Crippen LogP contribution in [0.3, 0.4) is 0 Å². The van der Waals surface area contributed by atoms with Crippen LogP contribution in [0.15, 0.2) is 14.1 Å². The smallest absolute Gasteiger partial charge is 0.250 e. The second kappa shape index (κ2) is 5.59. The van der Waals surface area contributed by atoms with Gasteiger partial charge in [-0.15, -0.1) is 11.3 Å². The van der Waals surface area contributed by atoms with Crippen LogP contribution in [0.4, 0.5) is 0 Å². The molecule has 1 aromatic rings. The second-order valence-electron chi connectivity index (χ2n) is 3.43. The highest BCUT2D eigenvalue weighted by atomic mass is 79.9. The third-order valence-corrected chi connectivity index (χ3v) is 6.27. The molecule has 1 unspecified atom stereocenters. The fourth-order valence-electron chi connectivity index (χ4n) is 1.09. The summed E-state index contributed by atoms with van der Waals surface area (Å²) in [4.78, 5) is 0. The van der Waals surface area contributed by atoms with Crippen molar-refractivity contribution in [3.05, 3.63) is 15.4 Å². The van der Waals surface area contributed by atoms with Gasteiger partial charge in [0.05, 0.1) is 10.4 Å². The van der Waals surface area contributed by atoms with E-state index in [1.165, 1.54) is 11.3 Å². The molecule has 7 heteroatoms. The van der Waals surface area contributed by atoms with Gasteiger partial charge in [-0.25, -0.2) is 13.1 Å². The number of nitrogens with one attached hydrogen (secondary N) is 1. The Hall–Kier alpha value is 0.0500. The minimum atomic E-state index is -3.51. The summed E-state index contributed by atoms with van der Waals surface area (Å²) in [5.74, 6) is 0. The van der Waals surface area contributed by atoms with Crippen LogP contribution in [0.25, 0.3) is 0 Å². The van der Waals surface area contributed by atoms with Gasteiger partial charge in [-0.05, 0) is 40.9 Å². The molecule has 0 bridgehead atoms. The Morgan fingerprint density at radius 1 is 1.62 bits per heavy atom. The molecule has 0 amide bonds. The first-order valence-electron chi connectivity index (χ1n) is 4.79. The first-order valence-corrected chi connectivity index (χ1v) is 7.89. The number of hydrogen-bond acceptors (Lipinski definition) is 4. The van der Waals surface area contributed by atoms with Crippen LogP contribution >= 0.6 is 27.3 Å². The Bertz CT molecular complexity index is 432. The van der Waals surface area contributed by atoms with Gasteiger partial charge in [-0.2, -0.15) is 0 Å². The van der Waals surface area contributed by atoms with Gasteiger partial charge in [0.2, 0.25) is 10.0 Å². The molecule has 0 spiro atoms. The van der Waals surface area contributed by atoms with Crippen LogP contribution in [-0.4, -0.2) is 26.2 Å². The highest BCUT2D eigenvalue weighted by Crippen LogP contribution is 2.30. The van der Waals surface area contributed by atoms with E-state index < -0.39 is 16.1 Å². The molecule has 16 heavy (non-hydrogen) atoms. The molecule has 0 fully saturated rings. The van der Waals surface area contributed by atoms with Gasteiger partial charge in [-0.1, -0.05) is 6.92 Å². The monoisotopic (exact) mass is 327 g/mol. The van der Waals surface area contributed by atoms with Gasteiger partial charge < -0.3 is 5.11 Å². The van der Waals surface area contributed by atoms with Gasteiger partial charge >= 0.3 is 0 Å². The van der Waals surface area contributed by atoms with E-state index in [0.717, 1.165) is 9.35 Å². The molecule has 1 rings (SSSR count). The Labute approximate surface area is 108 Å². The van der Waals surface area contributed by atoms with Crippen molar-refractivity contribution >= 4 is 37.3 Å². The lowest BCUT2D eigenvalue weighted by Gasteiger charge is -2.12. The summed E-state index contributed by atoms with van der Waals surface area (Å²) >= 11 is 4.45. The van der Waals surface area contributed by atoms with Crippen LogP contribution in [0.2, 0.25) is 0 Å². The lowest BCUT2D eigenvalue weighted by atomic mass is 10.3. The fraction of sp³-hybridized carbons (Fsp3) is 0.556. The minimum absolute atomic E-state index is 0.193. The number of halogens is 1. The molecular formula is C9H14BrNO3S2. The predicted molar refractivity (Wildman–Crippen MR) is 68.2 cm³/mol. The molecule has 0 aromatic carbocycles. The van der Waals surface area contributed by atoms with E-state index >= 15 is 0 Å². The first kappa shape index (κ1) is 14.1. The number of sulfonamides is 1. The van der Waals surface area contributed by atoms with E-state index in [4.69, 9.17) is 5.11 Å². The Morgan fingerprint density at radius 2 is 2.25 bits per heavy atom. The third-order valence-electron chi connectivity index (χ3n) is 2.13. The predicted octanol–water partition coefficient (Wildman–Crippen LogP) is 1.87. The number of thiophene rings is 1. The molecule has 0 aliphatic carbocycles. The summed E-state index contributed by atoms with van der Waals surface area (Å²) in [7, 11) is -3.51. The second-order valence-corrected chi connectivity index (χ2v) is 7.74. The van der Waals surface area contributed by atoms with Crippen molar-refractivity contribution in [1.29, 1.82) is 0 Å². The van der Waals surface area contributed by atoms with E-state index in [1.807, 2.05) is 13.8 Å². The van der Waals surface area contributed by atoms with E-state index in [9.17, 15) is 8.42 Å². The summed E-state index contributed by atoms with van der Waals surface area (Å²) in [6, 6.07) is 1.19. The Morgan fingerprint density at radius 3 is 2.62 bits per heavy atom. The average molecular weight is 328 g/mol. The summed E-state index contributed by atoms with van der Waals surface area (Å²) in [6.45, 7) is 3.46. The molecule has 1 aromatic heterocycles. The number of aliphatic hydroxyl groups is 1. The molecule has 0 saturated carbocycles. The molecule has 0 aliphatic rings. The summed E-state index contributed by atoms with van der Waals surface area (Å²) < 4.78 is 27.3. The van der Waals surface area contributed by atoms with Crippen LogP contribution in [0.5, 0.6) is 0 Å². The van der Waals surface area contributed by atoms with Crippen LogP contribution in [0, 0.1) is 6.92 Å². The van der Waals surface area contributed by atoms with Gasteiger partial charge in [0.1, 0.15) is 4.21 Å². The van der Waals surface area contributed by atoms with E-state index in [2.05, 4.69) is 20.7 Å². The molecular weight excluding hydrogens is 314 g/mol. The maximum absolute atomic E-state index is 11.9. The van der Waals surface area contributed by atoms with Crippen molar-refractivity contribution in [3.8, 4) is 0 Å². The van der Waals surface area contributed by atoms with Crippen molar-refractivity contribution < 1.29 is 13.5 Å². The molecule has 1 heterocycles. The normalized spacial score (nSPS) is 14.0. The van der Waals surface area contributed by atoms with Crippen LogP contribution < -0.4 is 4.72 Å². The van der Waals surface area contributed by atoms with Crippen molar-refractivity contribution in [1.82, 2.24) is 4.72 Å². The van der Waals surface area contributed by atoms with Crippen molar-refractivity contribution in [2.75, 3.05) is 6.61 Å². The largest absolute Gasteiger partial charge is 0.395 e. The summed E-state index contributed by atoms with van der Waals surface area (Å²) in [5.41, 5.74) is 0.891. The Balaban J connectivity index is 2.94. The first-order chi connectivity index (χ1) is 7.40. The molecule has 92 valence electrons. The van der Waals surface area contributed by atoms with Crippen molar-refractivity contribution in [2.45, 2.75) is 30.5 Å². The maximum Gasteiger partial charge on any atom is 0.250 e. The van der Waals surface area contributed by atoms with Crippen molar-refractivity contribution in [3.63, 3.8) is 0 Å². The zero-order valence-electron chi connectivity index (χ0n) is 9.03. The van der Waals surface area contributed by atoms with E-state index in [1.54, 1.807) is 6.07 Å². The average Bonchev–Trinajstić information content (AvgIpc) is 2.56. The van der Waals surface area contributed by atoms with Crippen molar-refractivity contribution in [2.24, 2.45) is 0 Å². The van der Waals surface area contributed by atoms with Crippen LogP contribution in [-0.2, 0) is 10.0 Å². The molecule has 0 saturated heterocycles. The van der Waals surface area contributed by atoms with E-state index in [0.29, 0.717) is 6.42 Å². The quantitative estimate of drug-likeness (QED) is 0.867. The zero-order chi connectivity index (χ0) is 12.3. The van der Waals surface area contributed by atoms with E-state index in [-0.39, 0.29) is 10.8 Å². The highest BCUT2D eigenvalue weighted by Gasteiger charge is 2.21. The zero-order valence-corrected chi connectivity index (χ0v) is 12.2. The SMILES string of the molecule is CCC(CO)NS(=O)(=O)c1cc(C)c(Br)s1. The standard InChI is InChI=1S/C9H14BrNO3S2/c1-3-7(5-12)11-16(13,14)8-4-6(2)9(10)15-8/h4,7,11-12H,3,5H2,1-2H3. The molecule has 0 radical (unpaired) electrons. The lowest BCUT2D eigenvalue weighted by molar-refractivity contribution is 0.254. The van der Waals surface area contributed by atoms with Gasteiger partial charge in [-0.3, -0.25) is 0 Å². The summed E-state index contributed by atoms with van der Waals surface area (Å²) in [6.07, 6.45) is 0.557. The topological polar surface area (TPSA) is 66.4 Å².